The predicted octanol–water partition coefficient (Wildman–Crippen LogP) is 3.68. The van der Waals surface area contributed by atoms with Crippen LogP contribution in [0.5, 0.6) is 0 Å². The van der Waals surface area contributed by atoms with Crippen molar-refractivity contribution in [1.82, 2.24) is 9.38 Å². The molecule has 0 saturated heterocycles. The SMILES string of the molecule is Cc1nc2ccc(-c3cccs3)cn2c1C. The van der Waals surface area contributed by atoms with Crippen molar-refractivity contribution >= 4 is 17.0 Å². The zero-order valence-electron chi connectivity index (χ0n) is 9.27. The fourth-order valence-corrected chi connectivity index (χ4v) is 2.59. The number of thiophene rings is 1. The molecule has 3 aromatic heterocycles. The van der Waals surface area contributed by atoms with Crippen LogP contribution in [0.4, 0.5) is 0 Å². The van der Waals surface area contributed by atoms with Gasteiger partial charge in [0.2, 0.25) is 0 Å². The van der Waals surface area contributed by atoms with Gasteiger partial charge in [-0.1, -0.05) is 6.07 Å². The Morgan fingerprint density at radius 2 is 2.06 bits per heavy atom. The molecule has 3 rings (SSSR count). The first-order chi connectivity index (χ1) is 7.75. The smallest absolute Gasteiger partial charge is 0.137 e. The minimum atomic E-state index is 1.02. The minimum absolute atomic E-state index is 1.02. The van der Waals surface area contributed by atoms with E-state index in [1.54, 1.807) is 11.3 Å². The molecule has 0 aliphatic rings. The van der Waals surface area contributed by atoms with E-state index in [2.05, 4.69) is 52.2 Å². The highest BCUT2D eigenvalue weighted by Crippen LogP contribution is 2.25. The molecule has 80 valence electrons. The van der Waals surface area contributed by atoms with Gasteiger partial charge in [0.25, 0.3) is 0 Å². The average Bonchev–Trinajstić information content (AvgIpc) is 2.89. The molecule has 0 N–H and O–H groups in total. The third-order valence-corrected chi connectivity index (χ3v) is 3.82. The molecule has 3 heteroatoms. The molecule has 3 aromatic rings. The summed E-state index contributed by atoms with van der Waals surface area (Å²) < 4.78 is 2.16. The number of nitrogens with zero attached hydrogens (tertiary/aromatic N) is 2. The van der Waals surface area contributed by atoms with Crippen molar-refractivity contribution in [1.29, 1.82) is 0 Å². The van der Waals surface area contributed by atoms with Gasteiger partial charge in [0.15, 0.2) is 0 Å². The molecule has 16 heavy (non-hydrogen) atoms. The molecule has 0 atom stereocenters. The Kier molecular flexibility index (Phi) is 2.07. The van der Waals surface area contributed by atoms with Crippen molar-refractivity contribution in [3.05, 3.63) is 47.2 Å². The number of pyridine rings is 1. The predicted molar refractivity (Wildman–Crippen MR) is 68.0 cm³/mol. The second-order valence-corrected chi connectivity index (χ2v) is 4.85. The summed E-state index contributed by atoms with van der Waals surface area (Å²) in [5, 5.41) is 2.10. The Hall–Kier alpha value is -1.61. The third-order valence-electron chi connectivity index (χ3n) is 2.90. The van der Waals surface area contributed by atoms with Crippen molar-refractivity contribution in [3.63, 3.8) is 0 Å². The van der Waals surface area contributed by atoms with Gasteiger partial charge >= 0.3 is 0 Å². The van der Waals surface area contributed by atoms with E-state index in [1.807, 2.05) is 6.92 Å². The minimum Gasteiger partial charge on any atom is -0.303 e. The van der Waals surface area contributed by atoms with Gasteiger partial charge in [-0.2, -0.15) is 0 Å². The number of aromatic nitrogens is 2. The van der Waals surface area contributed by atoms with Gasteiger partial charge in [-0.15, -0.1) is 11.3 Å². The zero-order valence-corrected chi connectivity index (χ0v) is 10.1. The molecule has 0 fully saturated rings. The van der Waals surface area contributed by atoms with Gasteiger partial charge in [-0.3, -0.25) is 0 Å². The molecule has 0 spiro atoms. The molecule has 3 heterocycles. The molecular formula is C13H12N2S. The van der Waals surface area contributed by atoms with Crippen molar-refractivity contribution in [2.24, 2.45) is 0 Å². The number of aryl methyl sites for hydroxylation is 2. The maximum absolute atomic E-state index is 4.50. The molecule has 0 aliphatic carbocycles. The van der Waals surface area contributed by atoms with Crippen LogP contribution in [0, 0.1) is 13.8 Å². The van der Waals surface area contributed by atoms with E-state index in [0.29, 0.717) is 0 Å². The second kappa shape index (κ2) is 3.46. The van der Waals surface area contributed by atoms with Gasteiger partial charge in [0.1, 0.15) is 5.65 Å². The molecule has 0 radical (unpaired) electrons. The Bertz CT molecular complexity index is 635. The second-order valence-electron chi connectivity index (χ2n) is 3.91. The van der Waals surface area contributed by atoms with Crippen LogP contribution in [0.1, 0.15) is 11.4 Å². The van der Waals surface area contributed by atoms with Crippen LogP contribution < -0.4 is 0 Å². The van der Waals surface area contributed by atoms with Gasteiger partial charge in [0, 0.05) is 22.3 Å². The van der Waals surface area contributed by atoms with E-state index < -0.39 is 0 Å². The standard InChI is InChI=1S/C13H12N2S/c1-9-10(2)15-8-11(5-6-13(15)14-9)12-4-3-7-16-12/h3-8H,1-2H3. The normalized spacial score (nSPS) is 11.1. The maximum atomic E-state index is 4.50. The molecule has 2 nitrogen and oxygen atoms in total. The van der Waals surface area contributed by atoms with Crippen LogP contribution >= 0.6 is 11.3 Å². The summed E-state index contributed by atoms with van der Waals surface area (Å²) in [6.07, 6.45) is 2.16. The first-order valence-corrected chi connectivity index (χ1v) is 6.13. The lowest BCUT2D eigenvalue weighted by molar-refractivity contribution is 1.10. The summed E-state index contributed by atoms with van der Waals surface area (Å²) in [5.41, 5.74) is 4.59. The highest BCUT2D eigenvalue weighted by Gasteiger charge is 2.05. The summed E-state index contributed by atoms with van der Waals surface area (Å²) in [6, 6.07) is 8.43. The molecule has 0 saturated carbocycles. The number of fused-ring (bicyclic) bond motifs is 1. The Morgan fingerprint density at radius 3 is 2.81 bits per heavy atom. The highest BCUT2D eigenvalue weighted by atomic mass is 32.1. The number of hydrogen-bond acceptors (Lipinski definition) is 2. The van der Waals surface area contributed by atoms with Gasteiger partial charge in [-0.25, -0.2) is 4.98 Å². The van der Waals surface area contributed by atoms with E-state index >= 15 is 0 Å². The largest absolute Gasteiger partial charge is 0.303 e. The van der Waals surface area contributed by atoms with Gasteiger partial charge in [0.05, 0.1) is 5.69 Å². The molecule has 0 aliphatic heterocycles. The lowest BCUT2D eigenvalue weighted by Crippen LogP contribution is -1.88. The van der Waals surface area contributed by atoms with Crippen molar-refractivity contribution in [2.45, 2.75) is 13.8 Å². The van der Waals surface area contributed by atoms with Crippen LogP contribution in [-0.2, 0) is 0 Å². The summed E-state index contributed by atoms with van der Waals surface area (Å²) >= 11 is 1.76. The molecule has 0 aromatic carbocycles. The lowest BCUT2D eigenvalue weighted by atomic mass is 10.2. The molecule has 0 bridgehead atoms. The van der Waals surface area contributed by atoms with Gasteiger partial charge < -0.3 is 4.40 Å². The van der Waals surface area contributed by atoms with Crippen LogP contribution in [0.3, 0.4) is 0 Å². The van der Waals surface area contributed by atoms with Crippen molar-refractivity contribution in [3.8, 4) is 10.4 Å². The summed E-state index contributed by atoms with van der Waals surface area (Å²) in [5.74, 6) is 0. The highest BCUT2D eigenvalue weighted by molar-refractivity contribution is 7.13. The number of hydrogen-bond donors (Lipinski definition) is 0. The monoisotopic (exact) mass is 228 g/mol. The van der Waals surface area contributed by atoms with Crippen LogP contribution in [0.25, 0.3) is 16.1 Å². The van der Waals surface area contributed by atoms with Crippen molar-refractivity contribution in [2.75, 3.05) is 0 Å². The first kappa shape index (κ1) is 9.60. The molecular weight excluding hydrogens is 216 g/mol. The van der Waals surface area contributed by atoms with Crippen molar-refractivity contribution < 1.29 is 0 Å². The molecule has 0 unspecified atom stereocenters. The maximum Gasteiger partial charge on any atom is 0.137 e. The Morgan fingerprint density at radius 1 is 1.19 bits per heavy atom. The average molecular weight is 228 g/mol. The third kappa shape index (κ3) is 1.36. The molecule has 0 amide bonds. The quantitative estimate of drug-likeness (QED) is 0.621. The Labute approximate surface area is 98.2 Å². The van der Waals surface area contributed by atoms with E-state index in [9.17, 15) is 0 Å². The Balaban J connectivity index is 2.26. The van der Waals surface area contributed by atoms with Crippen LogP contribution in [0.15, 0.2) is 35.8 Å². The summed E-state index contributed by atoms with van der Waals surface area (Å²) in [4.78, 5) is 5.80. The number of rotatable bonds is 1. The fourth-order valence-electron chi connectivity index (χ4n) is 1.87. The van der Waals surface area contributed by atoms with E-state index in [1.165, 1.54) is 16.1 Å². The lowest BCUT2D eigenvalue weighted by Gasteiger charge is -2.00. The van der Waals surface area contributed by atoms with Crippen LogP contribution in [0.2, 0.25) is 0 Å². The first-order valence-electron chi connectivity index (χ1n) is 5.25. The zero-order chi connectivity index (χ0) is 11.1. The van der Waals surface area contributed by atoms with E-state index in [0.717, 1.165) is 11.3 Å². The summed E-state index contributed by atoms with van der Waals surface area (Å²) in [7, 11) is 0. The van der Waals surface area contributed by atoms with E-state index in [-0.39, 0.29) is 0 Å². The van der Waals surface area contributed by atoms with Crippen LogP contribution in [-0.4, -0.2) is 9.38 Å². The number of imidazole rings is 1. The topological polar surface area (TPSA) is 17.3 Å². The summed E-state index contributed by atoms with van der Waals surface area (Å²) in [6.45, 7) is 4.15. The van der Waals surface area contributed by atoms with E-state index in [4.69, 9.17) is 0 Å². The van der Waals surface area contributed by atoms with Gasteiger partial charge in [-0.05, 0) is 37.4 Å². The fraction of sp³-hybridized carbons (Fsp3) is 0.154.